The van der Waals surface area contributed by atoms with Crippen molar-refractivity contribution in [1.29, 1.82) is 0 Å². The van der Waals surface area contributed by atoms with Crippen molar-refractivity contribution in [3.63, 3.8) is 0 Å². The van der Waals surface area contributed by atoms with Gasteiger partial charge in [0, 0.05) is 36.9 Å². The number of ether oxygens (including phenoxy) is 1. The molecule has 3 aromatic heterocycles. The lowest BCUT2D eigenvalue weighted by molar-refractivity contribution is 0.211. The predicted molar refractivity (Wildman–Crippen MR) is 140 cm³/mol. The summed E-state index contributed by atoms with van der Waals surface area (Å²) in [6, 6.07) is 19.3. The molecule has 36 heavy (non-hydrogen) atoms. The second kappa shape index (κ2) is 9.50. The summed E-state index contributed by atoms with van der Waals surface area (Å²) < 4.78 is 12.2. The van der Waals surface area contributed by atoms with E-state index in [2.05, 4.69) is 32.0 Å². The summed E-state index contributed by atoms with van der Waals surface area (Å²) in [5.41, 5.74) is 2.11. The van der Waals surface area contributed by atoms with Crippen molar-refractivity contribution >= 4 is 33.6 Å². The van der Waals surface area contributed by atoms with Crippen molar-refractivity contribution in [3.05, 3.63) is 82.4 Å². The Morgan fingerprint density at radius 3 is 2.47 bits per heavy atom. The van der Waals surface area contributed by atoms with Gasteiger partial charge in [0.05, 0.1) is 24.3 Å². The van der Waals surface area contributed by atoms with E-state index in [0.29, 0.717) is 21.6 Å². The average Bonchev–Trinajstić information content (AvgIpc) is 3.65. The highest BCUT2D eigenvalue weighted by Crippen LogP contribution is 2.42. The van der Waals surface area contributed by atoms with Gasteiger partial charge < -0.3 is 19.2 Å². The molecule has 0 amide bonds. The van der Waals surface area contributed by atoms with Gasteiger partial charge in [-0.3, -0.25) is 4.90 Å². The average molecular weight is 522 g/mol. The maximum atomic E-state index is 11.3. The first-order valence-electron chi connectivity index (χ1n) is 11.6. The number of piperazine rings is 1. The lowest BCUT2D eigenvalue weighted by Gasteiger charge is -2.40. The zero-order valence-electron chi connectivity index (χ0n) is 19.5. The van der Waals surface area contributed by atoms with Crippen molar-refractivity contribution < 1.29 is 14.3 Å². The van der Waals surface area contributed by atoms with Crippen LogP contribution in [0.25, 0.3) is 16.5 Å². The maximum absolute atomic E-state index is 11.3. The minimum atomic E-state index is -0.225. The second-order valence-corrected chi connectivity index (χ2v) is 9.96. The van der Waals surface area contributed by atoms with Crippen LogP contribution in [0.4, 0.5) is 5.69 Å². The van der Waals surface area contributed by atoms with Crippen LogP contribution in [0, 0.1) is 0 Å². The standard InChI is InChI=1S/C26H24ClN5O3S/c1-34-18-10-8-17(9-11-18)30-12-14-31(15-13-30)22(19-5-2-3-6-20(19)27)23-25(33)32-26(36-23)28-24(29-32)21-7-4-16-35-21/h2-11,16,22,33H,12-15H2,1H3/t22-/m1/s1. The molecule has 5 aromatic rings. The maximum Gasteiger partial charge on any atom is 0.230 e. The Morgan fingerprint density at radius 2 is 1.81 bits per heavy atom. The Balaban J connectivity index is 1.32. The molecule has 0 spiro atoms. The zero-order valence-corrected chi connectivity index (χ0v) is 21.1. The van der Waals surface area contributed by atoms with Gasteiger partial charge in [0.15, 0.2) is 5.76 Å². The normalized spacial score (nSPS) is 15.4. The van der Waals surface area contributed by atoms with Gasteiger partial charge in [-0.15, -0.1) is 5.10 Å². The summed E-state index contributed by atoms with van der Waals surface area (Å²) in [5.74, 6) is 1.92. The lowest BCUT2D eigenvalue weighted by Crippen LogP contribution is -2.47. The molecule has 0 bridgehead atoms. The van der Waals surface area contributed by atoms with Crippen molar-refractivity contribution in [1.82, 2.24) is 19.5 Å². The third-order valence-corrected chi connectivity index (χ3v) is 7.92. The minimum absolute atomic E-state index is 0.0720. The van der Waals surface area contributed by atoms with Gasteiger partial charge in [-0.1, -0.05) is 41.1 Å². The third-order valence-electron chi connectivity index (χ3n) is 6.51. The van der Waals surface area contributed by atoms with Crippen LogP contribution in [0.15, 0.2) is 71.3 Å². The van der Waals surface area contributed by atoms with Crippen molar-refractivity contribution in [2.24, 2.45) is 0 Å². The molecule has 0 unspecified atom stereocenters. The number of fused-ring (bicyclic) bond motifs is 1. The number of thiazole rings is 1. The largest absolute Gasteiger partial charge is 0.497 e. The minimum Gasteiger partial charge on any atom is -0.497 e. The zero-order chi connectivity index (χ0) is 24.6. The molecule has 1 fully saturated rings. The summed E-state index contributed by atoms with van der Waals surface area (Å²) in [7, 11) is 1.67. The van der Waals surface area contributed by atoms with E-state index in [0.717, 1.165) is 48.1 Å². The van der Waals surface area contributed by atoms with E-state index in [1.165, 1.54) is 15.9 Å². The Hall–Kier alpha value is -3.53. The summed E-state index contributed by atoms with van der Waals surface area (Å²) >= 11 is 8.10. The first-order chi connectivity index (χ1) is 17.6. The molecule has 1 aliphatic rings. The van der Waals surface area contributed by atoms with Crippen molar-refractivity contribution in [2.45, 2.75) is 6.04 Å². The number of methoxy groups -OCH3 is 1. The van der Waals surface area contributed by atoms with Gasteiger partial charge in [-0.2, -0.15) is 9.50 Å². The molecule has 10 heteroatoms. The highest BCUT2D eigenvalue weighted by atomic mass is 35.5. The van der Waals surface area contributed by atoms with E-state index >= 15 is 0 Å². The summed E-state index contributed by atoms with van der Waals surface area (Å²) in [5, 5.41) is 16.4. The number of aromatic hydroxyl groups is 1. The first-order valence-corrected chi connectivity index (χ1v) is 12.8. The molecule has 1 saturated heterocycles. The van der Waals surface area contributed by atoms with Gasteiger partial charge in [0.25, 0.3) is 0 Å². The molecule has 0 saturated carbocycles. The molecular formula is C26H24ClN5O3S. The van der Waals surface area contributed by atoms with Crippen LogP contribution in [0.5, 0.6) is 11.6 Å². The van der Waals surface area contributed by atoms with Crippen LogP contribution < -0.4 is 9.64 Å². The molecule has 1 atom stereocenters. The van der Waals surface area contributed by atoms with Crippen LogP contribution in [0.1, 0.15) is 16.5 Å². The molecule has 0 aliphatic carbocycles. The first kappa shape index (κ1) is 22.9. The Morgan fingerprint density at radius 1 is 1.03 bits per heavy atom. The molecule has 2 aromatic carbocycles. The number of rotatable bonds is 6. The van der Waals surface area contributed by atoms with E-state index in [1.807, 2.05) is 36.4 Å². The van der Waals surface area contributed by atoms with Gasteiger partial charge in [0.1, 0.15) is 5.75 Å². The number of anilines is 1. The molecule has 4 heterocycles. The fourth-order valence-corrected chi connectivity index (χ4v) is 6.02. The van der Waals surface area contributed by atoms with E-state index in [4.69, 9.17) is 20.8 Å². The van der Waals surface area contributed by atoms with E-state index in [1.54, 1.807) is 25.5 Å². The molecule has 8 nitrogen and oxygen atoms in total. The number of furan rings is 1. The number of hydrogen-bond acceptors (Lipinski definition) is 8. The number of halogens is 1. The van der Waals surface area contributed by atoms with Crippen LogP contribution >= 0.6 is 22.9 Å². The van der Waals surface area contributed by atoms with Gasteiger partial charge >= 0.3 is 0 Å². The smallest absolute Gasteiger partial charge is 0.230 e. The second-order valence-electron chi connectivity index (χ2n) is 8.54. The van der Waals surface area contributed by atoms with E-state index in [-0.39, 0.29) is 11.9 Å². The molecule has 1 N–H and O–H groups in total. The monoisotopic (exact) mass is 521 g/mol. The van der Waals surface area contributed by atoms with Gasteiger partial charge in [-0.25, -0.2) is 0 Å². The predicted octanol–water partition coefficient (Wildman–Crippen LogP) is 5.33. The number of hydrogen-bond donors (Lipinski definition) is 1. The van der Waals surface area contributed by atoms with Gasteiger partial charge in [-0.05, 0) is 48.0 Å². The number of aromatic nitrogens is 3. The lowest BCUT2D eigenvalue weighted by atomic mass is 10.0. The number of nitrogens with zero attached hydrogens (tertiary/aromatic N) is 5. The molecule has 0 radical (unpaired) electrons. The van der Waals surface area contributed by atoms with Crippen molar-refractivity contribution in [2.75, 3.05) is 38.2 Å². The van der Waals surface area contributed by atoms with Crippen LogP contribution in [0.2, 0.25) is 5.02 Å². The summed E-state index contributed by atoms with van der Waals surface area (Å²) in [4.78, 5) is 10.7. The molecule has 6 rings (SSSR count). The quantitative estimate of drug-likeness (QED) is 0.323. The fraction of sp³-hybridized carbons (Fsp3) is 0.231. The Bertz CT molecular complexity index is 1470. The van der Waals surface area contributed by atoms with E-state index < -0.39 is 0 Å². The summed E-state index contributed by atoms with van der Waals surface area (Å²) in [6.45, 7) is 3.29. The highest BCUT2D eigenvalue weighted by molar-refractivity contribution is 7.17. The molecular weight excluding hydrogens is 498 g/mol. The third kappa shape index (κ3) is 4.09. The SMILES string of the molecule is COc1ccc(N2CCN([C@H](c3ccccc3Cl)c3sc4nc(-c5ccco5)nn4c3O)CC2)cc1. The van der Waals surface area contributed by atoms with Crippen molar-refractivity contribution in [3.8, 4) is 23.2 Å². The number of benzene rings is 2. The molecule has 184 valence electrons. The van der Waals surface area contributed by atoms with E-state index in [9.17, 15) is 5.11 Å². The highest BCUT2D eigenvalue weighted by Gasteiger charge is 2.33. The fourth-order valence-electron chi connectivity index (χ4n) is 4.67. The van der Waals surface area contributed by atoms with Gasteiger partial charge in [0.2, 0.25) is 16.7 Å². The Labute approximate surface area is 216 Å². The molecule has 1 aliphatic heterocycles. The topological polar surface area (TPSA) is 79.3 Å². The van der Waals surface area contributed by atoms with Crippen LogP contribution in [0.3, 0.4) is 0 Å². The Kier molecular flexibility index (Phi) is 6.04. The van der Waals surface area contributed by atoms with Crippen LogP contribution in [-0.4, -0.2) is 57.9 Å². The van der Waals surface area contributed by atoms with Crippen LogP contribution in [-0.2, 0) is 0 Å². The summed E-state index contributed by atoms with van der Waals surface area (Å²) in [6.07, 6.45) is 1.58.